The van der Waals surface area contributed by atoms with Gasteiger partial charge in [0.2, 0.25) is 0 Å². The van der Waals surface area contributed by atoms with Crippen molar-refractivity contribution >= 4 is 9.24 Å². The van der Waals surface area contributed by atoms with Crippen LogP contribution >= 0.6 is 9.24 Å². The third-order valence-electron chi connectivity index (χ3n) is 2.99. The zero-order valence-electron chi connectivity index (χ0n) is 8.23. The van der Waals surface area contributed by atoms with Gasteiger partial charge in [0.15, 0.2) is 0 Å². The average Bonchev–Trinajstić information content (AvgIpc) is 2.18. The van der Waals surface area contributed by atoms with Crippen molar-refractivity contribution in [2.75, 3.05) is 7.05 Å². The minimum Gasteiger partial charge on any atom is -0.311 e. The van der Waals surface area contributed by atoms with Crippen LogP contribution in [0.1, 0.15) is 51.4 Å². The fourth-order valence-corrected chi connectivity index (χ4v) is 2.37. The van der Waals surface area contributed by atoms with E-state index in [-0.39, 0.29) is 0 Å². The van der Waals surface area contributed by atoms with Crippen LogP contribution in [0.3, 0.4) is 0 Å². The van der Waals surface area contributed by atoms with Crippen LogP contribution in [-0.4, -0.2) is 12.3 Å². The number of nitrogens with one attached hydrogen (secondary N) is 1. The molecule has 0 aliphatic heterocycles. The second-order valence-corrected chi connectivity index (χ2v) is 5.13. The molecule has 1 rings (SSSR count). The van der Waals surface area contributed by atoms with Crippen LogP contribution in [0, 0.1) is 0 Å². The van der Waals surface area contributed by atoms with Crippen molar-refractivity contribution in [3.63, 3.8) is 0 Å². The van der Waals surface area contributed by atoms with E-state index >= 15 is 0 Å². The number of hydrogen-bond donors (Lipinski definition) is 1. The summed E-state index contributed by atoms with van der Waals surface area (Å²) in [5, 5.41) is 3.79. The van der Waals surface area contributed by atoms with Gasteiger partial charge in [0, 0.05) is 5.28 Å². The highest BCUT2D eigenvalue weighted by molar-refractivity contribution is 7.18. The van der Waals surface area contributed by atoms with Gasteiger partial charge in [0.1, 0.15) is 0 Å². The van der Waals surface area contributed by atoms with Crippen LogP contribution in [0.5, 0.6) is 0 Å². The Morgan fingerprint density at radius 3 is 1.75 bits per heavy atom. The Balaban J connectivity index is 2.38. The first-order valence-corrected chi connectivity index (χ1v) is 5.82. The minimum atomic E-state index is 0.352. The van der Waals surface area contributed by atoms with Crippen molar-refractivity contribution in [3.05, 3.63) is 0 Å². The van der Waals surface area contributed by atoms with Crippen LogP contribution in [0.2, 0.25) is 0 Å². The summed E-state index contributed by atoms with van der Waals surface area (Å²) in [4.78, 5) is 0. The van der Waals surface area contributed by atoms with Gasteiger partial charge >= 0.3 is 0 Å². The standard InChI is InChI=1S/C10H22NP/c1-11-10(12)8-6-4-2-3-5-7-9-10/h11H,2-9,12H2,1H3. The lowest BCUT2D eigenvalue weighted by molar-refractivity contribution is 0.420. The van der Waals surface area contributed by atoms with E-state index in [4.69, 9.17) is 0 Å². The van der Waals surface area contributed by atoms with Crippen LogP contribution in [0.15, 0.2) is 0 Å². The maximum Gasteiger partial charge on any atom is 0.0320 e. The summed E-state index contributed by atoms with van der Waals surface area (Å²) < 4.78 is 0. The molecule has 0 aromatic carbocycles. The van der Waals surface area contributed by atoms with E-state index in [1.54, 1.807) is 0 Å². The van der Waals surface area contributed by atoms with Crippen molar-refractivity contribution in [1.82, 2.24) is 5.32 Å². The van der Waals surface area contributed by atoms with Gasteiger partial charge in [-0.3, -0.25) is 0 Å². The highest BCUT2D eigenvalue weighted by Crippen LogP contribution is 2.30. The summed E-state index contributed by atoms with van der Waals surface area (Å²) in [7, 11) is 5.10. The van der Waals surface area contributed by atoms with E-state index in [0.717, 1.165) is 0 Å². The summed E-state index contributed by atoms with van der Waals surface area (Å²) in [6.07, 6.45) is 11.2. The molecule has 72 valence electrons. The molecule has 0 heterocycles. The van der Waals surface area contributed by atoms with Crippen LogP contribution in [-0.2, 0) is 0 Å². The molecule has 0 saturated heterocycles. The Morgan fingerprint density at radius 1 is 0.917 bits per heavy atom. The molecule has 1 aliphatic rings. The van der Waals surface area contributed by atoms with E-state index in [0.29, 0.717) is 5.28 Å². The Hall–Kier alpha value is 0.390. The molecule has 1 atom stereocenters. The molecule has 0 amide bonds. The first kappa shape index (κ1) is 10.5. The Bertz CT molecular complexity index is 115. The van der Waals surface area contributed by atoms with Crippen LogP contribution < -0.4 is 5.32 Å². The predicted molar refractivity (Wildman–Crippen MR) is 58.4 cm³/mol. The third kappa shape index (κ3) is 3.41. The Kier molecular flexibility index (Phi) is 4.53. The highest BCUT2D eigenvalue weighted by atomic mass is 31.0. The smallest absolute Gasteiger partial charge is 0.0320 e. The molecule has 0 spiro atoms. The lowest BCUT2D eigenvalue weighted by Crippen LogP contribution is -2.35. The molecule has 0 radical (unpaired) electrons. The molecule has 1 aliphatic carbocycles. The maximum absolute atomic E-state index is 3.44. The molecule has 1 unspecified atom stereocenters. The SMILES string of the molecule is CNC1(P)CCCCCCCC1. The number of rotatable bonds is 1. The molecular weight excluding hydrogens is 165 g/mol. The molecular formula is C10H22NP. The van der Waals surface area contributed by atoms with Gasteiger partial charge in [0.25, 0.3) is 0 Å². The van der Waals surface area contributed by atoms with E-state index in [1.807, 2.05) is 0 Å². The molecule has 1 nitrogen and oxygen atoms in total. The van der Waals surface area contributed by atoms with Crippen molar-refractivity contribution in [3.8, 4) is 0 Å². The minimum absolute atomic E-state index is 0.352. The Morgan fingerprint density at radius 2 is 1.33 bits per heavy atom. The van der Waals surface area contributed by atoms with Crippen molar-refractivity contribution < 1.29 is 0 Å². The summed E-state index contributed by atoms with van der Waals surface area (Å²) in [5.41, 5.74) is 0. The average molecular weight is 187 g/mol. The van der Waals surface area contributed by atoms with E-state index in [1.165, 1.54) is 51.4 Å². The van der Waals surface area contributed by atoms with Gasteiger partial charge in [-0.15, -0.1) is 9.24 Å². The second-order valence-electron chi connectivity index (χ2n) is 4.03. The highest BCUT2D eigenvalue weighted by Gasteiger charge is 2.21. The van der Waals surface area contributed by atoms with Gasteiger partial charge in [-0.05, 0) is 19.9 Å². The van der Waals surface area contributed by atoms with Gasteiger partial charge in [-0.2, -0.15) is 0 Å². The molecule has 12 heavy (non-hydrogen) atoms. The maximum atomic E-state index is 3.44. The van der Waals surface area contributed by atoms with Crippen molar-refractivity contribution in [1.29, 1.82) is 0 Å². The molecule has 2 heteroatoms. The van der Waals surface area contributed by atoms with E-state index < -0.39 is 0 Å². The molecule has 1 saturated carbocycles. The van der Waals surface area contributed by atoms with Gasteiger partial charge in [-0.25, -0.2) is 0 Å². The largest absolute Gasteiger partial charge is 0.311 e. The fraction of sp³-hybridized carbons (Fsp3) is 1.00. The Labute approximate surface area is 78.9 Å². The molecule has 1 fully saturated rings. The quantitative estimate of drug-likeness (QED) is 0.622. The lowest BCUT2D eigenvalue weighted by atomic mass is 10.0. The summed E-state index contributed by atoms with van der Waals surface area (Å²) in [6.45, 7) is 0. The normalized spacial score (nSPS) is 25.5. The number of hydrogen-bond acceptors (Lipinski definition) is 1. The van der Waals surface area contributed by atoms with E-state index in [9.17, 15) is 0 Å². The lowest BCUT2D eigenvalue weighted by Gasteiger charge is -2.28. The van der Waals surface area contributed by atoms with Gasteiger partial charge in [0.05, 0.1) is 0 Å². The van der Waals surface area contributed by atoms with Crippen LogP contribution in [0.4, 0.5) is 0 Å². The van der Waals surface area contributed by atoms with Crippen molar-refractivity contribution in [2.24, 2.45) is 0 Å². The topological polar surface area (TPSA) is 12.0 Å². The summed E-state index contributed by atoms with van der Waals surface area (Å²) in [5.74, 6) is 0. The fourth-order valence-electron chi connectivity index (χ4n) is 1.96. The summed E-state index contributed by atoms with van der Waals surface area (Å²) >= 11 is 0. The van der Waals surface area contributed by atoms with Crippen LogP contribution in [0.25, 0.3) is 0 Å². The van der Waals surface area contributed by atoms with Gasteiger partial charge in [-0.1, -0.05) is 38.5 Å². The first-order chi connectivity index (χ1) is 5.77. The first-order valence-electron chi connectivity index (χ1n) is 5.25. The monoisotopic (exact) mass is 187 g/mol. The zero-order chi connectivity index (χ0) is 8.86. The molecule has 0 aromatic heterocycles. The van der Waals surface area contributed by atoms with E-state index in [2.05, 4.69) is 21.6 Å². The van der Waals surface area contributed by atoms with Crippen molar-refractivity contribution in [2.45, 2.75) is 56.6 Å². The molecule has 0 bridgehead atoms. The second kappa shape index (κ2) is 5.19. The van der Waals surface area contributed by atoms with Gasteiger partial charge < -0.3 is 5.32 Å². The zero-order valence-corrected chi connectivity index (χ0v) is 9.39. The third-order valence-corrected chi connectivity index (χ3v) is 3.86. The summed E-state index contributed by atoms with van der Waals surface area (Å²) in [6, 6.07) is 0. The predicted octanol–water partition coefficient (Wildman–Crippen LogP) is 2.91. The molecule has 1 N–H and O–H groups in total. The molecule has 0 aromatic rings.